The average molecular weight is 351 g/mol. The van der Waals surface area contributed by atoms with Gasteiger partial charge in [0.05, 0.1) is 11.9 Å². The molecule has 112 valence electrons. The van der Waals surface area contributed by atoms with Gasteiger partial charge in [-0.3, -0.25) is 0 Å². The van der Waals surface area contributed by atoms with Crippen molar-refractivity contribution in [1.29, 1.82) is 0 Å². The van der Waals surface area contributed by atoms with Crippen molar-refractivity contribution in [2.75, 3.05) is 42.5 Å². The van der Waals surface area contributed by atoms with Gasteiger partial charge in [0.25, 0.3) is 0 Å². The number of nitrogens with zero attached hydrogens (tertiary/aromatic N) is 4. The lowest BCUT2D eigenvalue weighted by atomic mass is 10.2. The monoisotopic (exact) mass is 350 g/mol. The van der Waals surface area contributed by atoms with Crippen LogP contribution in [0.5, 0.6) is 0 Å². The lowest BCUT2D eigenvalue weighted by Gasteiger charge is -2.37. The van der Waals surface area contributed by atoms with Gasteiger partial charge in [0.2, 0.25) is 5.95 Å². The van der Waals surface area contributed by atoms with Gasteiger partial charge in [-0.05, 0) is 12.2 Å². The number of allylic oxidation sites excluding steroid dienone is 3. The lowest BCUT2D eigenvalue weighted by Crippen LogP contribution is -2.46. The minimum absolute atomic E-state index is 0.197. The summed E-state index contributed by atoms with van der Waals surface area (Å²) in [5.41, 5.74) is 13.3. The second kappa shape index (κ2) is 6.62. The molecule has 0 aliphatic carbocycles. The number of hydrogen-bond acceptors (Lipinski definition) is 6. The molecule has 1 aromatic heterocycles. The van der Waals surface area contributed by atoms with Gasteiger partial charge < -0.3 is 21.3 Å². The van der Waals surface area contributed by atoms with Crippen molar-refractivity contribution < 1.29 is 0 Å². The first kappa shape index (κ1) is 15.4. The van der Waals surface area contributed by atoms with Crippen molar-refractivity contribution in [3.8, 4) is 0 Å². The van der Waals surface area contributed by atoms with Crippen LogP contribution in [0, 0.1) is 0 Å². The molecular weight excluding hydrogens is 332 g/mol. The van der Waals surface area contributed by atoms with E-state index in [1.54, 1.807) is 6.20 Å². The molecular formula is C14H19BrN6. The van der Waals surface area contributed by atoms with E-state index in [0.29, 0.717) is 5.82 Å². The van der Waals surface area contributed by atoms with Crippen LogP contribution in [-0.2, 0) is 0 Å². The Morgan fingerprint density at radius 2 is 1.95 bits per heavy atom. The molecule has 1 aliphatic heterocycles. The number of hydrogen-bond donors (Lipinski definition) is 2. The van der Waals surface area contributed by atoms with Crippen molar-refractivity contribution in [2.45, 2.75) is 0 Å². The molecule has 0 saturated carbocycles. The van der Waals surface area contributed by atoms with E-state index in [2.05, 4.69) is 48.9 Å². The predicted molar refractivity (Wildman–Crippen MR) is 91.0 cm³/mol. The second-order valence-electron chi connectivity index (χ2n) is 4.69. The number of rotatable bonds is 4. The van der Waals surface area contributed by atoms with E-state index in [1.807, 2.05) is 12.2 Å². The summed E-state index contributed by atoms with van der Waals surface area (Å²) in [5.74, 6) is 0.617. The lowest BCUT2D eigenvalue weighted by molar-refractivity contribution is 0.330. The van der Waals surface area contributed by atoms with Crippen LogP contribution < -0.4 is 16.4 Å². The molecule has 2 rings (SSSR count). The summed E-state index contributed by atoms with van der Waals surface area (Å²) in [4.78, 5) is 12.4. The third kappa shape index (κ3) is 3.75. The quantitative estimate of drug-likeness (QED) is 0.804. The van der Waals surface area contributed by atoms with Crippen LogP contribution in [-0.4, -0.2) is 41.0 Å². The van der Waals surface area contributed by atoms with Crippen LogP contribution in [0.1, 0.15) is 0 Å². The molecule has 0 unspecified atom stereocenters. The van der Waals surface area contributed by atoms with Crippen LogP contribution in [0.15, 0.2) is 41.7 Å². The molecule has 0 radical (unpaired) electrons. The molecule has 1 aromatic rings. The summed E-state index contributed by atoms with van der Waals surface area (Å²) in [5, 5.41) is 0. The summed E-state index contributed by atoms with van der Waals surface area (Å²) in [6.07, 6.45) is 5.48. The Morgan fingerprint density at radius 3 is 2.48 bits per heavy atom. The zero-order chi connectivity index (χ0) is 15.4. The number of halogens is 1. The fourth-order valence-electron chi connectivity index (χ4n) is 2.29. The van der Waals surface area contributed by atoms with Crippen LogP contribution in [0.2, 0.25) is 0 Å². The molecule has 4 N–H and O–H groups in total. The van der Waals surface area contributed by atoms with Crippen molar-refractivity contribution in [3.63, 3.8) is 0 Å². The molecule has 2 heterocycles. The van der Waals surface area contributed by atoms with Crippen LogP contribution in [0.25, 0.3) is 0 Å². The molecule has 0 amide bonds. The van der Waals surface area contributed by atoms with Gasteiger partial charge in [-0.1, -0.05) is 29.1 Å². The van der Waals surface area contributed by atoms with E-state index in [1.165, 1.54) is 0 Å². The fraction of sp³-hybridized carbons (Fsp3) is 0.286. The van der Waals surface area contributed by atoms with Gasteiger partial charge in [-0.15, -0.1) is 0 Å². The van der Waals surface area contributed by atoms with Gasteiger partial charge in [-0.2, -0.15) is 4.98 Å². The standard InChI is InChI=1S/C14H19BrN6/c1-3-11(8-10(2)15)20-4-6-21(7-5-20)12-9-18-14(17)19-13(12)16/h3,8-9H,1-2,4-7H2,(H4,16,17,18,19)/b11-8+. The summed E-state index contributed by atoms with van der Waals surface area (Å²) >= 11 is 3.35. The summed E-state index contributed by atoms with van der Waals surface area (Å²) < 4.78 is 0.830. The van der Waals surface area contributed by atoms with Gasteiger partial charge in [0.1, 0.15) is 0 Å². The van der Waals surface area contributed by atoms with Crippen molar-refractivity contribution in [2.24, 2.45) is 0 Å². The van der Waals surface area contributed by atoms with E-state index < -0.39 is 0 Å². The van der Waals surface area contributed by atoms with Crippen LogP contribution >= 0.6 is 15.9 Å². The fourth-order valence-corrected chi connectivity index (χ4v) is 2.53. The Morgan fingerprint density at radius 1 is 1.29 bits per heavy atom. The molecule has 21 heavy (non-hydrogen) atoms. The molecule has 7 heteroatoms. The third-order valence-electron chi connectivity index (χ3n) is 3.32. The van der Waals surface area contributed by atoms with E-state index in [-0.39, 0.29) is 5.95 Å². The molecule has 0 spiro atoms. The Bertz CT molecular complexity index is 575. The van der Waals surface area contributed by atoms with Gasteiger partial charge in [0.15, 0.2) is 5.82 Å². The number of nitrogen functional groups attached to an aromatic ring is 2. The molecule has 0 aromatic carbocycles. The summed E-state index contributed by atoms with van der Waals surface area (Å²) in [7, 11) is 0. The SMILES string of the molecule is C=C/C(=C\C(=C)Br)N1CCN(c2cnc(N)nc2N)CC1. The van der Waals surface area contributed by atoms with E-state index in [0.717, 1.165) is 42.0 Å². The Labute approximate surface area is 133 Å². The average Bonchev–Trinajstić information content (AvgIpc) is 2.45. The molecule has 0 atom stereocenters. The molecule has 1 saturated heterocycles. The van der Waals surface area contributed by atoms with Crippen molar-refractivity contribution in [3.05, 3.63) is 41.7 Å². The summed E-state index contributed by atoms with van der Waals surface area (Å²) in [6.45, 7) is 11.1. The van der Waals surface area contributed by atoms with E-state index >= 15 is 0 Å². The number of anilines is 3. The Hall–Kier alpha value is -2.02. The minimum atomic E-state index is 0.197. The topological polar surface area (TPSA) is 84.3 Å². The molecule has 0 bridgehead atoms. The highest BCUT2D eigenvalue weighted by atomic mass is 79.9. The summed E-state index contributed by atoms with van der Waals surface area (Å²) in [6, 6.07) is 0. The maximum absolute atomic E-state index is 5.91. The van der Waals surface area contributed by atoms with Gasteiger partial charge in [0, 0.05) is 36.4 Å². The van der Waals surface area contributed by atoms with Gasteiger partial charge >= 0.3 is 0 Å². The third-order valence-corrected chi connectivity index (χ3v) is 3.54. The van der Waals surface area contributed by atoms with Gasteiger partial charge in [-0.25, -0.2) is 4.98 Å². The smallest absolute Gasteiger partial charge is 0.222 e. The molecule has 1 aliphatic rings. The number of aromatic nitrogens is 2. The zero-order valence-electron chi connectivity index (χ0n) is 11.8. The Kier molecular flexibility index (Phi) is 4.85. The number of piperazine rings is 1. The predicted octanol–water partition coefficient (Wildman–Crippen LogP) is 1.74. The second-order valence-corrected chi connectivity index (χ2v) is 5.71. The van der Waals surface area contributed by atoms with Crippen molar-refractivity contribution >= 4 is 33.4 Å². The highest BCUT2D eigenvalue weighted by Gasteiger charge is 2.20. The number of nitrogens with two attached hydrogens (primary N) is 2. The van der Waals surface area contributed by atoms with E-state index in [4.69, 9.17) is 11.5 Å². The maximum Gasteiger partial charge on any atom is 0.222 e. The normalized spacial score (nSPS) is 16.0. The first-order valence-corrected chi connectivity index (χ1v) is 7.37. The van der Waals surface area contributed by atoms with Crippen LogP contribution in [0.3, 0.4) is 0 Å². The Balaban J connectivity index is 2.06. The largest absolute Gasteiger partial charge is 0.382 e. The first-order valence-electron chi connectivity index (χ1n) is 6.57. The first-order chi connectivity index (χ1) is 10.0. The maximum atomic E-state index is 5.91. The highest BCUT2D eigenvalue weighted by molar-refractivity contribution is 9.11. The minimum Gasteiger partial charge on any atom is -0.382 e. The highest BCUT2D eigenvalue weighted by Crippen LogP contribution is 2.23. The molecule has 6 nitrogen and oxygen atoms in total. The van der Waals surface area contributed by atoms with Crippen LogP contribution in [0.4, 0.5) is 17.5 Å². The molecule has 1 fully saturated rings. The zero-order valence-corrected chi connectivity index (χ0v) is 13.4. The van der Waals surface area contributed by atoms with E-state index in [9.17, 15) is 0 Å². The van der Waals surface area contributed by atoms with Crippen molar-refractivity contribution in [1.82, 2.24) is 14.9 Å².